The van der Waals surface area contributed by atoms with Crippen molar-refractivity contribution >= 4 is 21.4 Å². The number of rotatable bonds is 4. The van der Waals surface area contributed by atoms with Crippen molar-refractivity contribution in [3.05, 3.63) is 34.7 Å². The third-order valence-electron chi connectivity index (χ3n) is 2.64. The van der Waals surface area contributed by atoms with E-state index in [1.165, 1.54) is 18.2 Å². The summed E-state index contributed by atoms with van der Waals surface area (Å²) in [5.41, 5.74) is 0.978. The number of benzene rings is 1. The van der Waals surface area contributed by atoms with Gasteiger partial charge in [0.1, 0.15) is 0 Å². The van der Waals surface area contributed by atoms with Crippen LogP contribution in [0.5, 0.6) is 0 Å². The molecule has 18 heavy (non-hydrogen) atoms. The zero-order chi connectivity index (χ0) is 13.3. The molecule has 1 N–H and O–H groups in total. The lowest BCUT2D eigenvalue weighted by Crippen LogP contribution is -2.01. The number of carboxylic acid groups (broad SMARTS) is 1. The number of carbonyl (C=O) groups is 1. The Hall–Kier alpha value is -1.66. The summed E-state index contributed by atoms with van der Waals surface area (Å²) in [6.07, 6.45) is 0. The second-order valence-electron chi connectivity index (χ2n) is 3.84. The lowest BCUT2D eigenvalue weighted by atomic mass is 10.1. The summed E-state index contributed by atoms with van der Waals surface area (Å²) in [4.78, 5) is 11.0. The Labute approximate surface area is 105 Å². The van der Waals surface area contributed by atoms with Crippen molar-refractivity contribution in [2.75, 3.05) is 13.2 Å². The fourth-order valence-corrected chi connectivity index (χ4v) is 3.25. The normalized spacial score (nSPS) is 16.2. The van der Waals surface area contributed by atoms with Crippen molar-refractivity contribution in [1.82, 2.24) is 0 Å². The highest BCUT2D eigenvalue weighted by molar-refractivity contribution is 7.95. The quantitative estimate of drug-likeness (QED) is 0.896. The number of aromatic carboxylic acids is 1. The van der Waals surface area contributed by atoms with E-state index in [1.54, 1.807) is 6.92 Å². The van der Waals surface area contributed by atoms with Crippen LogP contribution in [0.25, 0.3) is 5.57 Å². The predicted molar refractivity (Wildman–Crippen MR) is 65.1 cm³/mol. The molecule has 0 spiro atoms. The first-order chi connectivity index (χ1) is 8.45. The highest BCUT2D eigenvalue weighted by atomic mass is 32.2. The van der Waals surface area contributed by atoms with Crippen LogP contribution in [0.1, 0.15) is 22.8 Å². The van der Waals surface area contributed by atoms with Gasteiger partial charge in [-0.25, -0.2) is 13.2 Å². The van der Waals surface area contributed by atoms with Crippen LogP contribution < -0.4 is 0 Å². The fourth-order valence-electron chi connectivity index (χ4n) is 1.80. The molecular formula is C12H12O5S. The molecular weight excluding hydrogens is 256 g/mol. The molecule has 0 fully saturated rings. The van der Waals surface area contributed by atoms with Gasteiger partial charge in [-0.1, -0.05) is 0 Å². The molecule has 1 heterocycles. The highest BCUT2D eigenvalue weighted by Gasteiger charge is 2.27. The van der Waals surface area contributed by atoms with Crippen LogP contribution in [0.3, 0.4) is 0 Å². The Morgan fingerprint density at radius 1 is 1.39 bits per heavy atom. The monoisotopic (exact) mass is 268 g/mol. The molecule has 0 aromatic heterocycles. The van der Waals surface area contributed by atoms with E-state index >= 15 is 0 Å². The summed E-state index contributed by atoms with van der Waals surface area (Å²) in [5, 5.41) is 10.0. The Morgan fingerprint density at radius 3 is 2.72 bits per heavy atom. The van der Waals surface area contributed by atoms with Gasteiger partial charge in [0.25, 0.3) is 0 Å². The van der Waals surface area contributed by atoms with Gasteiger partial charge >= 0.3 is 5.97 Å². The highest BCUT2D eigenvalue weighted by Crippen LogP contribution is 2.34. The van der Waals surface area contributed by atoms with E-state index < -0.39 is 15.8 Å². The maximum atomic E-state index is 11.8. The van der Waals surface area contributed by atoms with Crippen LogP contribution >= 0.6 is 0 Å². The molecule has 0 radical (unpaired) electrons. The fraction of sp³-hybridized carbons (Fsp3) is 0.250. The second kappa shape index (κ2) is 4.55. The van der Waals surface area contributed by atoms with Crippen molar-refractivity contribution in [3.8, 4) is 0 Å². The van der Waals surface area contributed by atoms with E-state index in [2.05, 4.69) is 0 Å². The van der Waals surface area contributed by atoms with Crippen molar-refractivity contribution in [2.24, 2.45) is 0 Å². The Balaban J connectivity index is 2.51. The first-order valence-electron chi connectivity index (χ1n) is 5.37. The zero-order valence-corrected chi connectivity index (χ0v) is 10.5. The molecule has 2 rings (SSSR count). The maximum absolute atomic E-state index is 11.8. The van der Waals surface area contributed by atoms with E-state index in [0.29, 0.717) is 17.7 Å². The van der Waals surface area contributed by atoms with Crippen LogP contribution in [0.2, 0.25) is 0 Å². The second-order valence-corrected chi connectivity index (χ2v) is 5.61. The Morgan fingerprint density at radius 2 is 2.11 bits per heavy atom. The number of ether oxygens (including phenoxy) is 1. The maximum Gasteiger partial charge on any atom is 0.335 e. The van der Waals surface area contributed by atoms with Gasteiger partial charge in [-0.2, -0.15) is 0 Å². The largest absolute Gasteiger partial charge is 0.478 e. The molecule has 1 aliphatic rings. The van der Waals surface area contributed by atoms with Gasteiger partial charge in [0.2, 0.25) is 9.84 Å². The Bertz CT molecular complexity index is 628. The van der Waals surface area contributed by atoms with E-state index in [0.717, 1.165) is 5.41 Å². The van der Waals surface area contributed by atoms with E-state index in [1.807, 2.05) is 0 Å². The van der Waals surface area contributed by atoms with Gasteiger partial charge in [0.15, 0.2) is 0 Å². The number of hydrogen-bond donors (Lipinski definition) is 1. The minimum Gasteiger partial charge on any atom is -0.478 e. The van der Waals surface area contributed by atoms with Gasteiger partial charge < -0.3 is 9.84 Å². The zero-order valence-electron chi connectivity index (χ0n) is 9.71. The van der Waals surface area contributed by atoms with Gasteiger partial charge in [0, 0.05) is 17.6 Å². The van der Waals surface area contributed by atoms with Gasteiger partial charge in [-0.05, 0) is 30.7 Å². The molecule has 96 valence electrons. The Kier molecular flexibility index (Phi) is 3.23. The smallest absolute Gasteiger partial charge is 0.335 e. The van der Waals surface area contributed by atoms with Crippen molar-refractivity contribution in [1.29, 1.82) is 0 Å². The number of sulfone groups is 1. The van der Waals surface area contributed by atoms with E-state index in [9.17, 15) is 13.2 Å². The van der Waals surface area contributed by atoms with Crippen LogP contribution in [-0.4, -0.2) is 32.7 Å². The van der Waals surface area contributed by atoms with Crippen LogP contribution in [0.4, 0.5) is 0 Å². The molecule has 0 amide bonds. The van der Waals surface area contributed by atoms with Crippen molar-refractivity contribution in [3.63, 3.8) is 0 Å². The van der Waals surface area contributed by atoms with E-state index in [-0.39, 0.29) is 17.1 Å². The number of carboxylic acids is 1. The molecule has 6 heteroatoms. The van der Waals surface area contributed by atoms with Crippen LogP contribution in [0, 0.1) is 0 Å². The topological polar surface area (TPSA) is 80.7 Å². The average molecular weight is 268 g/mol. The first kappa shape index (κ1) is 12.8. The molecule has 0 aliphatic carbocycles. The summed E-state index contributed by atoms with van der Waals surface area (Å²) in [6.45, 7) is 2.43. The third kappa shape index (κ3) is 2.16. The lowest BCUT2D eigenvalue weighted by Gasteiger charge is -2.05. The lowest BCUT2D eigenvalue weighted by molar-refractivity contribution is 0.0696. The summed E-state index contributed by atoms with van der Waals surface area (Å²) in [7, 11) is -3.46. The summed E-state index contributed by atoms with van der Waals surface area (Å²) in [6, 6.07) is 3.98. The predicted octanol–water partition coefficient (Wildman–Crippen LogP) is 1.55. The molecule has 0 saturated heterocycles. The molecule has 1 aromatic carbocycles. The van der Waals surface area contributed by atoms with Gasteiger partial charge in [0.05, 0.1) is 17.1 Å². The molecule has 1 aromatic rings. The molecule has 0 bridgehead atoms. The minimum atomic E-state index is -3.46. The molecule has 5 nitrogen and oxygen atoms in total. The van der Waals surface area contributed by atoms with Gasteiger partial charge in [-0.15, -0.1) is 0 Å². The average Bonchev–Trinajstić information content (AvgIpc) is 2.58. The summed E-state index contributed by atoms with van der Waals surface area (Å²) < 4.78 is 28.8. The van der Waals surface area contributed by atoms with Crippen LogP contribution in [0.15, 0.2) is 28.5 Å². The van der Waals surface area contributed by atoms with Crippen molar-refractivity contribution in [2.45, 2.75) is 11.8 Å². The molecule has 0 atom stereocenters. The van der Waals surface area contributed by atoms with Crippen LogP contribution in [-0.2, 0) is 14.6 Å². The number of hydrogen-bond acceptors (Lipinski definition) is 4. The molecule has 0 saturated carbocycles. The standard InChI is InChI=1S/C12H12O5S/c1-2-17-6-9-7-18(15,16)11-4-3-8(12(13)14)5-10(9)11/h3-5,7H,2,6H2,1H3,(H,13,14). The molecule has 1 aliphatic heterocycles. The summed E-state index contributed by atoms with van der Waals surface area (Å²) in [5.74, 6) is -1.09. The SMILES string of the molecule is CCOCC1=CS(=O)(=O)c2ccc(C(=O)O)cc21. The number of fused-ring (bicyclic) bond motifs is 1. The van der Waals surface area contributed by atoms with Gasteiger partial charge in [-0.3, -0.25) is 0 Å². The molecule has 0 unspecified atom stereocenters. The van der Waals surface area contributed by atoms with E-state index in [4.69, 9.17) is 9.84 Å². The minimum absolute atomic E-state index is 0.0632. The summed E-state index contributed by atoms with van der Waals surface area (Å²) >= 11 is 0. The third-order valence-corrected chi connectivity index (χ3v) is 4.20. The first-order valence-corrected chi connectivity index (χ1v) is 6.91. The van der Waals surface area contributed by atoms with Crippen molar-refractivity contribution < 1.29 is 23.1 Å².